The van der Waals surface area contributed by atoms with Gasteiger partial charge >= 0.3 is 0 Å². The van der Waals surface area contributed by atoms with E-state index in [1.807, 2.05) is 5.51 Å². The van der Waals surface area contributed by atoms with Gasteiger partial charge < -0.3 is 5.73 Å². The normalized spacial score (nSPS) is 32.6. The summed E-state index contributed by atoms with van der Waals surface area (Å²) in [5.41, 5.74) is 8.67. The zero-order valence-electron chi connectivity index (χ0n) is 4.95. The monoisotopic (exact) mass is 140 g/mol. The number of thiazole rings is 1. The lowest BCUT2D eigenvalue weighted by atomic mass is 10.3. The third kappa shape index (κ3) is 0.862. The first kappa shape index (κ1) is 5.38. The van der Waals surface area contributed by atoms with Gasteiger partial charge in [-0.05, 0) is 6.42 Å². The zero-order chi connectivity index (χ0) is 6.27. The lowest BCUT2D eigenvalue weighted by molar-refractivity contribution is 0.958. The fourth-order valence-corrected chi connectivity index (χ4v) is 1.58. The highest BCUT2D eigenvalue weighted by molar-refractivity contribution is 7.07. The molecule has 1 heterocycles. The Morgan fingerprint density at radius 2 is 2.56 bits per heavy atom. The zero-order valence-corrected chi connectivity index (χ0v) is 5.77. The molecule has 0 aromatic carbocycles. The van der Waals surface area contributed by atoms with Crippen LogP contribution in [-0.4, -0.2) is 11.0 Å². The molecule has 0 aliphatic heterocycles. The Labute approximate surface area is 57.7 Å². The summed E-state index contributed by atoms with van der Waals surface area (Å²) >= 11 is 1.64. The number of hydrogen-bond donors (Lipinski definition) is 1. The summed E-state index contributed by atoms with van der Waals surface area (Å²) in [6, 6.07) is 0.395. The minimum Gasteiger partial charge on any atom is -0.327 e. The summed E-state index contributed by atoms with van der Waals surface area (Å²) in [6.07, 6.45) is 1.13. The third-order valence-corrected chi connectivity index (χ3v) is 2.28. The van der Waals surface area contributed by atoms with Gasteiger partial charge in [-0.1, -0.05) is 0 Å². The van der Waals surface area contributed by atoms with Crippen molar-refractivity contribution in [2.24, 2.45) is 5.73 Å². The maximum atomic E-state index is 5.62. The minimum atomic E-state index is 0.395. The highest BCUT2D eigenvalue weighted by Crippen LogP contribution is 2.38. The molecule has 48 valence electrons. The van der Waals surface area contributed by atoms with E-state index in [4.69, 9.17) is 5.73 Å². The highest BCUT2D eigenvalue weighted by Gasteiger charge is 2.36. The van der Waals surface area contributed by atoms with Crippen LogP contribution in [0.15, 0.2) is 10.9 Å². The molecule has 0 bridgehead atoms. The van der Waals surface area contributed by atoms with Crippen LogP contribution in [0.4, 0.5) is 0 Å². The van der Waals surface area contributed by atoms with Crippen LogP contribution in [0.5, 0.6) is 0 Å². The molecule has 1 aliphatic carbocycles. The average molecular weight is 140 g/mol. The Bertz CT molecular complexity index is 195. The first-order valence-corrected chi connectivity index (χ1v) is 3.96. The van der Waals surface area contributed by atoms with E-state index in [2.05, 4.69) is 10.4 Å². The van der Waals surface area contributed by atoms with E-state index in [-0.39, 0.29) is 0 Å². The molecule has 0 radical (unpaired) electrons. The van der Waals surface area contributed by atoms with Crippen LogP contribution in [-0.2, 0) is 0 Å². The maximum absolute atomic E-state index is 5.62. The van der Waals surface area contributed by atoms with Gasteiger partial charge in [-0.2, -0.15) is 0 Å². The summed E-state index contributed by atoms with van der Waals surface area (Å²) in [5, 5.41) is 2.08. The second-order valence-corrected chi connectivity index (χ2v) is 3.14. The molecular weight excluding hydrogens is 132 g/mol. The molecule has 2 N–H and O–H groups in total. The topological polar surface area (TPSA) is 38.9 Å². The SMILES string of the molecule is NC1CC1c1cscn1. The lowest BCUT2D eigenvalue weighted by Crippen LogP contribution is -2.00. The molecule has 1 aliphatic rings. The lowest BCUT2D eigenvalue weighted by Gasteiger charge is -1.85. The van der Waals surface area contributed by atoms with Crippen molar-refractivity contribution in [3.63, 3.8) is 0 Å². The predicted molar refractivity (Wildman–Crippen MR) is 37.4 cm³/mol. The smallest absolute Gasteiger partial charge is 0.0794 e. The van der Waals surface area contributed by atoms with Crippen molar-refractivity contribution >= 4 is 11.3 Å². The van der Waals surface area contributed by atoms with Gasteiger partial charge in [0.1, 0.15) is 0 Å². The van der Waals surface area contributed by atoms with Gasteiger partial charge in [0, 0.05) is 17.3 Å². The van der Waals surface area contributed by atoms with Gasteiger partial charge in [-0.25, -0.2) is 4.98 Å². The number of nitrogens with zero attached hydrogens (tertiary/aromatic N) is 1. The van der Waals surface area contributed by atoms with E-state index >= 15 is 0 Å². The van der Waals surface area contributed by atoms with Crippen LogP contribution in [0.3, 0.4) is 0 Å². The van der Waals surface area contributed by atoms with E-state index in [9.17, 15) is 0 Å². The molecule has 2 atom stereocenters. The van der Waals surface area contributed by atoms with E-state index in [0.29, 0.717) is 12.0 Å². The summed E-state index contributed by atoms with van der Waals surface area (Å²) < 4.78 is 0. The van der Waals surface area contributed by atoms with E-state index in [1.54, 1.807) is 11.3 Å². The standard InChI is InChI=1S/C6H8N2S/c7-5-1-4(5)6-2-9-3-8-6/h2-5H,1,7H2. The second-order valence-electron chi connectivity index (χ2n) is 2.42. The first-order valence-electron chi connectivity index (χ1n) is 3.01. The molecule has 1 aromatic rings. The quantitative estimate of drug-likeness (QED) is 0.631. The molecule has 0 spiro atoms. The van der Waals surface area contributed by atoms with Crippen LogP contribution < -0.4 is 5.73 Å². The minimum absolute atomic E-state index is 0.395. The van der Waals surface area contributed by atoms with Crippen molar-refractivity contribution in [2.45, 2.75) is 18.4 Å². The van der Waals surface area contributed by atoms with Gasteiger partial charge in [0.25, 0.3) is 0 Å². The van der Waals surface area contributed by atoms with Crippen LogP contribution in [0.1, 0.15) is 18.0 Å². The second kappa shape index (κ2) is 1.78. The van der Waals surface area contributed by atoms with Crippen LogP contribution in [0, 0.1) is 0 Å². The molecule has 1 aromatic heterocycles. The van der Waals surface area contributed by atoms with Gasteiger partial charge in [-0.15, -0.1) is 11.3 Å². The molecule has 2 nitrogen and oxygen atoms in total. The Morgan fingerprint density at radius 1 is 1.78 bits per heavy atom. The molecule has 1 fully saturated rings. The maximum Gasteiger partial charge on any atom is 0.0794 e. The Kier molecular flexibility index (Phi) is 1.07. The summed E-state index contributed by atoms with van der Waals surface area (Å²) in [5.74, 6) is 0.580. The van der Waals surface area contributed by atoms with Crippen molar-refractivity contribution in [2.75, 3.05) is 0 Å². The van der Waals surface area contributed by atoms with Crippen LogP contribution in [0.25, 0.3) is 0 Å². The van der Waals surface area contributed by atoms with Gasteiger partial charge in [0.05, 0.1) is 11.2 Å². The van der Waals surface area contributed by atoms with Crippen molar-refractivity contribution in [3.05, 3.63) is 16.6 Å². The largest absolute Gasteiger partial charge is 0.327 e. The Morgan fingerprint density at radius 3 is 3.00 bits per heavy atom. The summed E-state index contributed by atoms with van der Waals surface area (Å²) in [4.78, 5) is 4.17. The van der Waals surface area contributed by atoms with Crippen molar-refractivity contribution in [3.8, 4) is 0 Å². The van der Waals surface area contributed by atoms with E-state index in [0.717, 1.165) is 6.42 Å². The van der Waals surface area contributed by atoms with Crippen molar-refractivity contribution in [1.82, 2.24) is 4.98 Å². The number of hydrogen-bond acceptors (Lipinski definition) is 3. The molecule has 3 heteroatoms. The van der Waals surface area contributed by atoms with Gasteiger partial charge in [-0.3, -0.25) is 0 Å². The number of rotatable bonds is 1. The Balaban J connectivity index is 2.18. The first-order chi connectivity index (χ1) is 4.38. The molecule has 0 amide bonds. The average Bonchev–Trinajstić information content (AvgIpc) is 2.44. The molecule has 0 saturated heterocycles. The van der Waals surface area contributed by atoms with Crippen molar-refractivity contribution < 1.29 is 0 Å². The van der Waals surface area contributed by atoms with Crippen LogP contribution >= 0.6 is 11.3 Å². The molecule has 9 heavy (non-hydrogen) atoms. The van der Waals surface area contributed by atoms with E-state index in [1.165, 1.54) is 5.69 Å². The van der Waals surface area contributed by atoms with Crippen LogP contribution in [0.2, 0.25) is 0 Å². The van der Waals surface area contributed by atoms with Gasteiger partial charge in [0.15, 0.2) is 0 Å². The molecule has 1 saturated carbocycles. The van der Waals surface area contributed by atoms with E-state index < -0.39 is 0 Å². The molecule has 2 rings (SSSR count). The van der Waals surface area contributed by atoms with Gasteiger partial charge in [0.2, 0.25) is 0 Å². The number of aromatic nitrogens is 1. The fourth-order valence-electron chi connectivity index (χ4n) is 0.960. The third-order valence-electron chi connectivity index (χ3n) is 1.67. The summed E-state index contributed by atoms with van der Waals surface area (Å²) in [6.45, 7) is 0. The molecular formula is C6H8N2S. The highest BCUT2D eigenvalue weighted by atomic mass is 32.1. The number of nitrogens with two attached hydrogens (primary N) is 1. The Hall–Kier alpha value is -0.410. The summed E-state index contributed by atoms with van der Waals surface area (Å²) in [7, 11) is 0. The fraction of sp³-hybridized carbons (Fsp3) is 0.500. The molecule has 2 unspecified atom stereocenters. The van der Waals surface area contributed by atoms with Crippen molar-refractivity contribution in [1.29, 1.82) is 0 Å². The predicted octanol–water partition coefficient (Wildman–Crippen LogP) is 0.958.